The monoisotopic (exact) mass is 505 g/mol. The molecule has 0 bridgehead atoms. The molecule has 4 aromatic rings. The second-order valence-corrected chi connectivity index (χ2v) is 9.10. The van der Waals surface area contributed by atoms with Crippen molar-refractivity contribution in [2.45, 2.75) is 19.0 Å². The fourth-order valence-corrected chi connectivity index (χ4v) is 4.63. The van der Waals surface area contributed by atoms with E-state index in [4.69, 9.17) is 10.00 Å². The first-order chi connectivity index (χ1) is 17.9. The number of piperazine rings is 1. The maximum Gasteiger partial charge on any atom is 0.417 e. The summed E-state index contributed by atoms with van der Waals surface area (Å²) in [6, 6.07) is 17.7. The van der Waals surface area contributed by atoms with Crippen LogP contribution < -0.4 is 9.64 Å². The zero-order chi connectivity index (χ0) is 25.8. The maximum atomic E-state index is 12.7. The molecule has 1 aliphatic heterocycles. The lowest BCUT2D eigenvalue weighted by atomic mass is 10.1. The summed E-state index contributed by atoms with van der Waals surface area (Å²) in [6.45, 7) is 4.80. The van der Waals surface area contributed by atoms with Crippen LogP contribution in [-0.4, -0.2) is 47.6 Å². The quantitative estimate of drug-likeness (QED) is 0.334. The molecule has 1 saturated heterocycles. The minimum Gasteiger partial charge on any atom is -0.439 e. The van der Waals surface area contributed by atoms with Crippen molar-refractivity contribution in [2.24, 2.45) is 0 Å². The van der Waals surface area contributed by atoms with E-state index in [1.54, 1.807) is 12.1 Å². The number of halogens is 3. The highest BCUT2D eigenvalue weighted by atomic mass is 19.4. The van der Waals surface area contributed by atoms with Crippen LogP contribution in [0.4, 0.5) is 18.9 Å². The number of ether oxygens (including phenoxy) is 1. The van der Waals surface area contributed by atoms with E-state index in [0.29, 0.717) is 11.3 Å². The number of aromatic nitrogens is 2. The molecule has 0 radical (unpaired) electrons. The molecule has 0 amide bonds. The lowest BCUT2D eigenvalue weighted by Crippen LogP contribution is -2.46. The van der Waals surface area contributed by atoms with E-state index in [2.05, 4.69) is 25.8 Å². The smallest absolute Gasteiger partial charge is 0.417 e. The molecule has 0 atom stereocenters. The van der Waals surface area contributed by atoms with Crippen molar-refractivity contribution in [1.82, 2.24) is 14.9 Å². The molecule has 1 N–H and O–H groups in total. The van der Waals surface area contributed by atoms with Crippen LogP contribution in [0.3, 0.4) is 0 Å². The Morgan fingerprint density at radius 1 is 1.00 bits per heavy atom. The Labute approximate surface area is 212 Å². The van der Waals surface area contributed by atoms with Gasteiger partial charge in [0.1, 0.15) is 5.75 Å². The van der Waals surface area contributed by atoms with Crippen LogP contribution in [0.15, 0.2) is 67.0 Å². The van der Waals surface area contributed by atoms with Crippen LogP contribution in [0, 0.1) is 11.3 Å². The Morgan fingerprint density at radius 3 is 2.46 bits per heavy atom. The molecule has 0 aliphatic carbocycles. The summed E-state index contributed by atoms with van der Waals surface area (Å²) in [4.78, 5) is 11.8. The number of nitriles is 1. The van der Waals surface area contributed by atoms with E-state index in [0.717, 1.165) is 74.4 Å². The molecule has 37 heavy (non-hydrogen) atoms. The molecule has 2 aromatic carbocycles. The highest BCUT2D eigenvalue weighted by Gasteiger charge is 2.30. The number of rotatable bonds is 7. The summed E-state index contributed by atoms with van der Waals surface area (Å²) in [7, 11) is 0. The van der Waals surface area contributed by atoms with Gasteiger partial charge in [-0.1, -0.05) is 0 Å². The summed E-state index contributed by atoms with van der Waals surface area (Å²) < 4.78 is 43.7. The van der Waals surface area contributed by atoms with E-state index in [1.807, 2.05) is 36.5 Å². The van der Waals surface area contributed by atoms with Crippen LogP contribution in [0.25, 0.3) is 10.9 Å². The van der Waals surface area contributed by atoms with Crippen LogP contribution in [0.5, 0.6) is 11.6 Å². The third-order valence-corrected chi connectivity index (χ3v) is 6.68. The van der Waals surface area contributed by atoms with Crippen molar-refractivity contribution in [2.75, 3.05) is 37.6 Å². The summed E-state index contributed by atoms with van der Waals surface area (Å²) >= 11 is 0. The molecule has 5 rings (SSSR count). The van der Waals surface area contributed by atoms with Gasteiger partial charge in [-0.15, -0.1) is 0 Å². The average molecular weight is 506 g/mol. The fourth-order valence-electron chi connectivity index (χ4n) is 4.63. The van der Waals surface area contributed by atoms with Gasteiger partial charge in [0.25, 0.3) is 0 Å². The predicted octanol–water partition coefficient (Wildman–Crippen LogP) is 6.00. The van der Waals surface area contributed by atoms with Crippen molar-refractivity contribution in [1.29, 1.82) is 5.26 Å². The van der Waals surface area contributed by atoms with Crippen molar-refractivity contribution in [3.8, 4) is 17.7 Å². The molecular weight excluding hydrogens is 479 g/mol. The van der Waals surface area contributed by atoms with Gasteiger partial charge in [0, 0.05) is 61.2 Å². The number of aromatic amines is 1. The molecule has 1 aliphatic rings. The molecule has 190 valence electrons. The first kappa shape index (κ1) is 24.7. The molecule has 1 fully saturated rings. The van der Waals surface area contributed by atoms with E-state index < -0.39 is 11.7 Å². The number of alkyl halides is 3. The summed E-state index contributed by atoms with van der Waals surface area (Å²) in [5.74, 6) is 0.640. The first-order valence-corrected chi connectivity index (χ1v) is 12.2. The SMILES string of the molecule is N#Cc1ccc2[nH]cc(CCCN3CCN(c4ccc(Oc5ccc(C(F)(F)F)cn5)cc4)CC3)c2c1. The number of pyridine rings is 1. The number of anilines is 1. The number of nitrogens with one attached hydrogen (secondary N) is 1. The van der Waals surface area contributed by atoms with Gasteiger partial charge in [-0.3, -0.25) is 4.90 Å². The zero-order valence-corrected chi connectivity index (χ0v) is 20.1. The maximum absolute atomic E-state index is 12.7. The molecule has 0 saturated carbocycles. The minimum absolute atomic E-state index is 0.118. The largest absolute Gasteiger partial charge is 0.439 e. The molecule has 9 heteroatoms. The van der Waals surface area contributed by atoms with Gasteiger partial charge in [0.05, 0.1) is 17.2 Å². The Hall–Kier alpha value is -4.03. The van der Waals surface area contributed by atoms with Gasteiger partial charge in [-0.25, -0.2) is 4.98 Å². The lowest BCUT2D eigenvalue weighted by Gasteiger charge is -2.36. The normalized spacial score (nSPS) is 14.6. The van der Waals surface area contributed by atoms with Gasteiger partial charge in [-0.05, 0) is 73.5 Å². The predicted molar refractivity (Wildman–Crippen MR) is 136 cm³/mol. The number of hydrogen-bond acceptors (Lipinski definition) is 5. The number of fused-ring (bicyclic) bond motifs is 1. The van der Waals surface area contributed by atoms with Gasteiger partial charge < -0.3 is 14.6 Å². The number of H-pyrrole nitrogens is 1. The first-order valence-electron chi connectivity index (χ1n) is 12.2. The van der Waals surface area contributed by atoms with Crippen molar-refractivity contribution < 1.29 is 17.9 Å². The van der Waals surface area contributed by atoms with E-state index in [1.165, 1.54) is 11.6 Å². The summed E-state index contributed by atoms with van der Waals surface area (Å²) in [6.07, 6.45) is 0.411. The standard InChI is InChI=1S/C28H26F3N5O/c29-28(30,31)22-4-10-27(34-19-22)37-24-7-5-23(6-8-24)36-14-12-35(13-15-36)11-1-2-21-18-33-26-9-3-20(17-32)16-25(21)26/h3-10,16,18-19,33H,1-2,11-15H2. The second kappa shape index (κ2) is 10.5. The summed E-state index contributed by atoms with van der Waals surface area (Å²) in [5.41, 5.74) is 3.27. The second-order valence-electron chi connectivity index (χ2n) is 9.10. The van der Waals surface area contributed by atoms with Crippen molar-refractivity contribution >= 4 is 16.6 Å². The molecule has 3 heterocycles. The average Bonchev–Trinajstić information content (AvgIpc) is 3.31. The highest BCUT2D eigenvalue weighted by Crippen LogP contribution is 2.30. The Bertz CT molecular complexity index is 1380. The lowest BCUT2D eigenvalue weighted by molar-refractivity contribution is -0.137. The Kier molecular flexibility index (Phi) is 7.01. The van der Waals surface area contributed by atoms with Crippen LogP contribution in [0.1, 0.15) is 23.1 Å². The Morgan fingerprint density at radius 2 is 1.78 bits per heavy atom. The van der Waals surface area contributed by atoms with Gasteiger partial charge in [0.15, 0.2) is 0 Å². The highest BCUT2D eigenvalue weighted by molar-refractivity contribution is 5.84. The zero-order valence-electron chi connectivity index (χ0n) is 20.1. The van der Waals surface area contributed by atoms with Crippen LogP contribution >= 0.6 is 0 Å². The topological polar surface area (TPSA) is 68.2 Å². The van der Waals surface area contributed by atoms with Crippen molar-refractivity contribution in [3.63, 3.8) is 0 Å². The number of benzene rings is 2. The van der Waals surface area contributed by atoms with E-state index in [9.17, 15) is 13.2 Å². The molecule has 6 nitrogen and oxygen atoms in total. The Balaban J connectivity index is 1.09. The van der Waals surface area contributed by atoms with Gasteiger partial charge in [-0.2, -0.15) is 18.4 Å². The van der Waals surface area contributed by atoms with E-state index in [-0.39, 0.29) is 5.88 Å². The van der Waals surface area contributed by atoms with Crippen LogP contribution in [-0.2, 0) is 12.6 Å². The molecule has 0 unspecified atom stereocenters. The third-order valence-electron chi connectivity index (χ3n) is 6.68. The minimum atomic E-state index is -4.42. The summed E-state index contributed by atoms with van der Waals surface area (Å²) in [5, 5.41) is 10.3. The number of aryl methyl sites for hydroxylation is 1. The number of nitrogens with zero attached hydrogens (tertiary/aromatic N) is 4. The van der Waals surface area contributed by atoms with Crippen LogP contribution in [0.2, 0.25) is 0 Å². The molecule has 0 spiro atoms. The third kappa shape index (κ3) is 5.87. The van der Waals surface area contributed by atoms with E-state index >= 15 is 0 Å². The van der Waals surface area contributed by atoms with Gasteiger partial charge >= 0.3 is 6.18 Å². The molecular formula is C28H26F3N5O. The molecule has 2 aromatic heterocycles. The fraction of sp³-hybridized carbons (Fsp3) is 0.286. The van der Waals surface area contributed by atoms with Crippen molar-refractivity contribution in [3.05, 3.63) is 83.7 Å². The van der Waals surface area contributed by atoms with Gasteiger partial charge in [0.2, 0.25) is 5.88 Å². The number of hydrogen-bond donors (Lipinski definition) is 1.